The second-order valence-corrected chi connectivity index (χ2v) is 5.53. The van der Waals surface area contributed by atoms with E-state index in [1.54, 1.807) is 6.07 Å². The summed E-state index contributed by atoms with van der Waals surface area (Å²) < 4.78 is 13.3. The number of aryl methyl sites for hydroxylation is 1. The zero-order valence-electron chi connectivity index (χ0n) is 13.0. The largest absolute Gasteiger partial charge is 0.279 e. The van der Waals surface area contributed by atoms with Gasteiger partial charge in [-0.1, -0.05) is 72.3 Å². The van der Waals surface area contributed by atoms with E-state index in [-0.39, 0.29) is 5.82 Å². The van der Waals surface area contributed by atoms with E-state index in [2.05, 4.69) is 31.2 Å². The van der Waals surface area contributed by atoms with Crippen molar-refractivity contribution in [3.05, 3.63) is 107 Å². The van der Waals surface area contributed by atoms with Gasteiger partial charge in [0, 0.05) is 11.1 Å². The zero-order valence-corrected chi connectivity index (χ0v) is 13.0. The number of rotatable bonds is 4. The van der Waals surface area contributed by atoms with Crippen LogP contribution in [-0.4, -0.2) is 5.71 Å². The summed E-state index contributed by atoms with van der Waals surface area (Å²) in [7, 11) is 0. The van der Waals surface area contributed by atoms with Gasteiger partial charge in [0.1, 0.15) is 5.82 Å². The average molecular weight is 303 g/mol. The van der Waals surface area contributed by atoms with Crippen molar-refractivity contribution in [3.8, 4) is 0 Å². The van der Waals surface area contributed by atoms with E-state index in [0.717, 1.165) is 22.4 Å². The number of benzene rings is 3. The van der Waals surface area contributed by atoms with Crippen LogP contribution in [0.1, 0.15) is 22.3 Å². The minimum Gasteiger partial charge on any atom is -0.279 e. The van der Waals surface area contributed by atoms with Crippen LogP contribution in [0.25, 0.3) is 0 Å². The molecule has 0 aliphatic heterocycles. The molecule has 3 aromatic carbocycles. The average Bonchev–Trinajstić information content (AvgIpc) is 2.58. The summed E-state index contributed by atoms with van der Waals surface area (Å²) in [5.74, 6) is -0.228. The smallest absolute Gasteiger partial charge is 0.123 e. The molecular weight excluding hydrogens is 285 g/mol. The van der Waals surface area contributed by atoms with Crippen molar-refractivity contribution in [2.45, 2.75) is 13.5 Å². The van der Waals surface area contributed by atoms with E-state index in [4.69, 9.17) is 4.99 Å². The molecule has 0 atom stereocenters. The first-order chi connectivity index (χ1) is 11.2. The van der Waals surface area contributed by atoms with Crippen LogP contribution in [-0.2, 0) is 6.54 Å². The Labute approximate surface area is 136 Å². The molecule has 3 rings (SSSR count). The highest BCUT2D eigenvalue weighted by molar-refractivity contribution is 6.12. The molecule has 0 spiro atoms. The SMILES string of the molecule is Cc1ccc(C(=NCc2cccc(F)c2)c2ccccc2)cc1. The Kier molecular flexibility index (Phi) is 4.62. The first-order valence-electron chi connectivity index (χ1n) is 7.64. The van der Waals surface area contributed by atoms with Crippen molar-refractivity contribution in [3.63, 3.8) is 0 Å². The monoisotopic (exact) mass is 303 g/mol. The topological polar surface area (TPSA) is 12.4 Å². The van der Waals surface area contributed by atoms with Crippen LogP contribution < -0.4 is 0 Å². The Balaban J connectivity index is 1.98. The predicted molar refractivity (Wildman–Crippen MR) is 93.4 cm³/mol. The molecule has 2 heteroatoms. The molecular formula is C21H18FN. The van der Waals surface area contributed by atoms with E-state index < -0.39 is 0 Å². The van der Waals surface area contributed by atoms with Gasteiger partial charge in [-0.3, -0.25) is 4.99 Å². The minimum atomic E-state index is -0.228. The van der Waals surface area contributed by atoms with Gasteiger partial charge >= 0.3 is 0 Å². The number of hydrogen-bond acceptors (Lipinski definition) is 1. The Bertz CT molecular complexity index is 805. The van der Waals surface area contributed by atoms with Crippen molar-refractivity contribution in [2.24, 2.45) is 4.99 Å². The Morgan fingerprint density at radius 3 is 2.22 bits per heavy atom. The maximum atomic E-state index is 13.3. The lowest BCUT2D eigenvalue weighted by molar-refractivity contribution is 0.625. The van der Waals surface area contributed by atoms with E-state index >= 15 is 0 Å². The van der Waals surface area contributed by atoms with Gasteiger partial charge in [0.15, 0.2) is 0 Å². The quantitative estimate of drug-likeness (QED) is 0.589. The minimum absolute atomic E-state index is 0.228. The molecule has 0 N–H and O–H groups in total. The third-order valence-corrected chi connectivity index (χ3v) is 3.68. The predicted octanol–water partition coefficient (Wildman–Crippen LogP) is 5.17. The van der Waals surface area contributed by atoms with Gasteiger partial charge in [-0.2, -0.15) is 0 Å². The fourth-order valence-corrected chi connectivity index (χ4v) is 2.46. The lowest BCUT2D eigenvalue weighted by Gasteiger charge is -2.08. The van der Waals surface area contributed by atoms with Crippen LogP contribution in [0.5, 0.6) is 0 Å². The van der Waals surface area contributed by atoms with Crippen molar-refractivity contribution in [2.75, 3.05) is 0 Å². The summed E-state index contributed by atoms with van der Waals surface area (Å²) in [4.78, 5) is 4.76. The number of hydrogen-bond donors (Lipinski definition) is 0. The summed E-state index contributed by atoms with van der Waals surface area (Å²) in [5, 5.41) is 0. The normalized spacial score (nSPS) is 11.5. The van der Waals surface area contributed by atoms with Gasteiger partial charge < -0.3 is 0 Å². The molecule has 0 bridgehead atoms. The summed E-state index contributed by atoms with van der Waals surface area (Å²) in [6.45, 7) is 2.52. The maximum Gasteiger partial charge on any atom is 0.123 e. The van der Waals surface area contributed by atoms with Crippen LogP contribution in [0.2, 0.25) is 0 Å². The summed E-state index contributed by atoms with van der Waals surface area (Å²) >= 11 is 0. The zero-order chi connectivity index (χ0) is 16.1. The summed E-state index contributed by atoms with van der Waals surface area (Å²) in [6.07, 6.45) is 0. The van der Waals surface area contributed by atoms with E-state index in [1.165, 1.54) is 17.7 Å². The van der Waals surface area contributed by atoms with Crippen LogP contribution in [0.4, 0.5) is 4.39 Å². The Hall–Kier alpha value is -2.74. The first kappa shape index (κ1) is 15.2. The molecule has 0 aromatic heterocycles. The summed E-state index contributed by atoms with van der Waals surface area (Å²) in [5.41, 5.74) is 5.14. The van der Waals surface area contributed by atoms with E-state index in [0.29, 0.717) is 6.54 Å². The molecule has 0 fully saturated rings. The van der Waals surface area contributed by atoms with Gasteiger partial charge in [-0.25, -0.2) is 4.39 Å². The molecule has 0 amide bonds. The molecule has 0 aliphatic carbocycles. The van der Waals surface area contributed by atoms with Gasteiger partial charge in [0.25, 0.3) is 0 Å². The van der Waals surface area contributed by atoms with Crippen molar-refractivity contribution in [1.82, 2.24) is 0 Å². The highest BCUT2D eigenvalue weighted by atomic mass is 19.1. The van der Waals surface area contributed by atoms with Gasteiger partial charge in [-0.15, -0.1) is 0 Å². The highest BCUT2D eigenvalue weighted by Crippen LogP contribution is 2.14. The molecule has 0 saturated carbocycles. The standard InChI is InChI=1S/C21H18FN/c1-16-10-12-19(13-11-16)21(18-7-3-2-4-8-18)23-15-17-6-5-9-20(22)14-17/h2-14H,15H2,1H3. The van der Waals surface area contributed by atoms with Crippen molar-refractivity contribution in [1.29, 1.82) is 0 Å². The number of nitrogens with zero attached hydrogens (tertiary/aromatic N) is 1. The fraction of sp³-hybridized carbons (Fsp3) is 0.0952. The molecule has 0 radical (unpaired) electrons. The second kappa shape index (κ2) is 7.01. The van der Waals surface area contributed by atoms with Crippen molar-refractivity contribution >= 4 is 5.71 Å². The van der Waals surface area contributed by atoms with Gasteiger partial charge in [0.05, 0.1) is 12.3 Å². The molecule has 114 valence electrons. The lowest BCUT2D eigenvalue weighted by atomic mass is 10.0. The maximum absolute atomic E-state index is 13.3. The van der Waals surface area contributed by atoms with E-state index in [9.17, 15) is 4.39 Å². The highest BCUT2D eigenvalue weighted by Gasteiger charge is 2.06. The molecule has 0 heterocycles. The molecule has 3 aromatic rings. The Morgan fingerprint density at radius 2 is 1.52 bits per heavy atom. The Morgan fingerprint density at radius 1 is 0.826 bits per heavy atom. The van der Waals surface area contributed by atoms with Crippen LogP contribution in [0.15, 0.2) is 83.9 Å². The van der Waals surface area contributed by atoms with Gasteiger partial charge in [0.2, 0.25) is 0 Å². The fourth-order valence-electron chi connectivity index (χ4n) is 2.46. The van der Waals surface area contributed by atoms with Crippen LogP contribution >= 0.6 is 0 Å². The van der Waals surface area contributed by atoms with Gasteiger partial charge in [-0.05, 0) is 24.6 Å². The third-order valence-electron chi connectivity index (χ3n) is 3.68. The molecule has 0 aliphatic rings. The molecule has 0 unspecified atom stereocenters. The third kappa shape index (κ3) is 3.92. The van der Waals surface area contributed by atoms with E-state index in [1.807, 2.05) is 36.4 Å². The first-order valence-corrected chi connectivity index (χ1v) is 7.64. The number of halogens is 1. The van der Waals surface area contributed by atoms with Crippen LogP contribution in [0, 0.1) is 12.7 Å². The second-order valence-electron chi connectivity index (χ2n) is 5.53. The molecule has 0 saturated heterocycles. The molecule has 23 heavy (non-hydrogen) atoms. The molecule has 1 nitrogen and oxygen atoms in total. The number of aliphatic imine (C=N–C) groups is 1. The van der Waals surface area contributed by atoms with Crippen LogP contribution in [0.3, 0.4) is 0 Å². The summed E-state index contributed by atoms with van der Waals surface area (Å²) in [6, 6.07) is 25.0. The van der Waals surface area contributed by atoms with Crippen molar-refractivity contribution < 1.29 is 4.39 Å². The lowest BCUT2D eigenvalue weighted by Crippen LogP contribution is -2.04.